The maximum Gasteiger partial charge on any atom is 0.243 e. The molecule has 26 heavy (non-hydrogen) atoms. The topological polar surface area (TPSA) is 66.0 Å². The van der Waals surface area contributed by atoms with E-state index in [1.54, 1.807) is 26.1 Å². The molecule has 1 atom stereocenters. The van der Waals surface area contributed by atoms with Gasteiger partial charge >= 0.3 is 0 Å². The highest BCUT2D eigenvalue weighted by Crippen LogP contribution is 2.11. The first kappa shape index (κ1) is 24.5. The Morgan fingerprint density at radius 1 is 1.19 bits per heavy atom. The zero-order valence-corrected chi connectivity index (χ0v) is 19.0. The van der Waals surface area contributed by atoms with Gasteiger partial charge in [0, 0.05) is 26.7 Å². The standard InChI is InChI=1S/C19H32N4O2.HI/c1-14(2)15(3)22-19(21-13-18(24)23(4)5)20-12-11-16-7-9-17(25-6)10-8-16;/h7-10,14-15H,11-13H2,1-6H3,(H2,20,21,22);1H. The fraction of sp³-hybridized carbons (Fsp3) is 0.579. The van der Waals surface area contributed by atoms with E-state index in [0.717, 1.165) is 18.7 Å². The number of likely N-dealkylation sites (N-methyl/N-ethyl adjacent to an activating group) is 1. The van der Waals surface area contributed by atoms with Gasteiger partial charge in [0.05, 0.1) is 7.11 Å². The summed E-state index contributed by atoms with van der Waals surface area (Å²) in [5, 5.41) is 6.68. The summed E-state index contributed by atoms with van der Waals surface area (Å²) < 4.78 is 5.17. The van der Waals surface area contributed by atoms with Crippen LogP contribution in [-0.2, 0) is 11.2 Å². The van der Waals surface area contributed by atoms with E-state index in [1.165, 1.54) is 5.56 Å². The monoisotopic (exact) mass is 476 g/mol. The van der Waals surface area contributed by atoms with Crippen molar-refractivity contribution in [2.75, 3.05) is 34.3 Å². The molecule has 1 aromatic rings. The Labute approximate surface area is 174 Å². The van der Waals surface area contributed by atoms with Crippen molar-refractivity contribution in [3.63, 3.8) is 0 Å². The lowest BCUT2D eigenvalue weighted by atomic mass is 10.1. The van der Waals surface area contributed by atoms with Crippen molar-refractivity contribution in [2.45, 2.75) is 33.2 Å². The highest BCUT2D eigenvalue weighted by atomic mass is 127. The van der Waals surface area contributed by atoms with Crippen molar-refractivity contribution < 1.29 is 9.53 Å². The lowest BCUT2D eigenvalue weighted by Crippen LogP contribution is -2.45. The Morgan fingerprint density at radius 2 is 1.81 bits per heavy atom. The summed E-state index contributed by atoms with van der Waals surface area (Å²) in [4.78, 5) is 17.7. The third-order valence-electron chi connectivity index (χ3n) is 4.10. The van der Waals surface area contributed by atoms with Gasteiger partial charge in [0.25, 0.3) is 0 Å². The van der Waals surface area contributed by atoms with Crippen molar-refractivity contribution in [1.82, 2.24) is 15.5 Å². The van der Waals surface area contributed by atoms with Gasteiger partial charge in [-0.25, -0.2) is 4.99 Å². The van der Waals surface area contributed by atoms with Crippen LogP contribution in [0.1, 0.15) is 26.3 Å². The van der Waals surface area contributed by atoms with E-state index < -0.39 is 0 Å². The molecule has 0 aromatic heterocycles. The molecule has 1 aromatic carbocycles. The molecule has 1 rings (SSSR count). The van der Waals surface area contributed by atoms with E-state index >= 15 is 0 Å². The van der Waals surface area contributed by atoms with Crippen LogP contribution in [0.3, 0.4) is 0 Å². The number of carbonyl (C=O) groups is 1. The minimum absolute atomic E-state index is 0. The number of carbonyl (C=O) groups excluding carboxylic acids is 1. The molecule has 1 amide bonds. The first-order valence-corrected chi connectivity index (χ1v) is 8.71. The van der Waals surface area contributed by atoms with Crippen LogP contribution in [0.15, 0.2) is 29.3 Å². The van der Waals surface area contributed by atoms with Crippen LogP contribution in [0, 0.1) is 5.92 Å². The number of methoxy groups -OCH3 is 1. The summed E-state index contributed by atoms with van der Waals surface area (Å²) in [5.41, 5.74) is 1.22. The van der Waals surface area contributed by atoms with E-state index in [0.29, 0.717) is 11.9 Å². The second-order valence-corrected chi connectivity index (χ2v) is 6.65. The Hall–Kier alpha value is -1.51. The average molecular weight is 476 g/mol. The zero-order valence-electron chi connectivity index (χ0n) is 16.7. The van der Waals surface area contributed by atoms with Gasteiger partial charge in [0.1, 0.15) is 12.3 Å². The number of hydrogen-bond acceptors (Lipinski definition) is 3. The number of rotatable bonds is 8. The quantitative estimate of drug-likeness (QED) is 0.344. The molecular weight excluding hydrogens is 443 g/mol. The average Bonchev–Trinajstić information content (AvgIpc) is 2.59. The minimum atomic E-state index is -0.0199. The molecule has 1 unspecified atom stereocenters. The van der Waals surface area contributed by atoms with Gasteiger partial charge < -0.3 is 20.3 Å². The minimum Gasteiger partial charge on any atom is -0.497 e. The molecule has 0 spiro atoms. The molecule has 148 valence electrons. The van der Waals surface area contributed by atoms with Gasteiger partial charge in [-0.2, -0.15) is 0 Å². The number of hydrogen-bond donors (Lipinski definition) is 2. The summed E-state index contributed by atoms with van der Waals surface area (Å²) in [6.45, 7) is 7.28. The smallest absolute Gasteiger partial charge is 0.243 e. The van der Waals surface area contributed by atoms with E-state index in [9.17, 15) is 4.79 Å². The van der Waals surface area contributed by atoms with Crippen LogP contribution in [0.25, 0.3) is 0 Å². The second kappa shape index (κ2) is 12.8. The largest absolute Gasteiger partial charge is 0.497 e. The summed E-state index contributed by atoms with van der Waals surface area (Å²) in [6, 6.07) is 8.29. The van der Waals surface area contributed by atoms with Crippen molar-refractivity contribution >= 4 is 35.8 Å². The predicted octanol–water partition coefficient (Wildman–Crippen LogP) is 2.52. The fourth-order valence-corrected chi connectivity index (χ4v) is 1.94. The van der Waals surface area contributed by atoms with E-state index in [2.05, 4.69) is 48.5 Å². The van der Waals surface area contributed by atoms with Gasteiger partial charge in [-0.3, -0.25) is 4.79 Å². The fourth-order valence-electron chi connectivity index (χ4n) is 1.94. The Bertz CT molecular complexity index is 559. The molecule has 0 aliphatic carbocycles. The first-order valence-electron chi connectivity index (χ1n) is 8.71. The van der Waals surface area contributed by atoms with Crippen molar-refractivity contribution in [2.24, 2.45) is 10.9 Å². The van der Waals surface area contributed by atoms with E-state index in [4.69, 9.17) is 4.74 Å². The maximum atomic E-state index is 11.8. The maximum absolute atomic E-state index is 11.8. The van der Waals surface area contributed by atoms with Crippen molar-refractivity contribution in [3.8, 4) is 5.75 Å². The van der Waals surface area contributed by atoms with Crippen LogP contribution in [0.5, 0.6) is 5.75 Å². The number of nitrogens with one attached hydrogen (secondary N) is 2. The van der Waals surface area contributed by atoms with Gasteiger partial charge in [-0.1, -0.05) is 26.0 Å². The van der Waals surface area contributed by atoms with E-state index in [1.807, 2.05) is 12.1 Å². The Morgan fingerprint density at radius 3 is 2.31 bits per heavy atom. The van der Waals surface area contributed by atoms with Crippen LogP contribution < -0.4 is 15.4 Å². The van der Waals surface area contributed by atoms with Crippen LogP contribution in [0.4, 0.5) is 0 Å². The number of halogens is 1. The van der Waals surface area contributed by atoms with Gasteiger partial charge in [-0.15, -0.1) is 24.0 Å². The summed E-state index contributed by atoms with van der Waals surface area (Å²) >= 11 is 0. The van der Waals surface area contributed by atoms with Gasteiger partial charge in [0.15, 0.2) is 5.96 Å². The van der Waals surface area contributed by atoms with Gasteiger partial charge in [-0.05, 0) is 37.0 Å². The van der Waals surface area contributed by atoms with Crippen LogP contribution in [-0.4, -0.2) is 57.1 Å². The van der Waals surface area contributed by atoms with Crippen LogP contribution >= 0.6 is 24.0 Å². The first-order chi connectivity index (χ1) is 11.8. The molecule has 0 bridgehead atoms. The number of nitrogens with zero attached hydrogens (tertiary/aromatic N) is 2. The molecular formula is C19H33IN4O2. The third kappa shape index (κ3) is 9.26. The lowest BCUT2D eigenvalue weighted by Gasteiger charge is -2.21. The number of ether oxygens (including phenoxy) is 1. The molecule has 0 aliphatic rings. The molecule has 0 saturated carbocycles. The summed E-state index contributed by atoms with van der Waals surface area (Å²) in [7, 11) is 5.13. The highest BCUT2D eigenvalue weighted by molar-refractivity contribution is 14.0. The number of guanidine groups is 1. The van der Waals surface area contributed by atoms with E-state index in [-0.39, 0.29) is 42.5 Å². The highest BCUT2D eigenvalue weighted by Gasteiger charge is 2.10. The van der Waals surface area contributed by atoms with Crippen LogP contribution in [0.2, 0.25) is 0 Å². The normalized spacial score (nSPS) is 12.2. The Balaban J connectivity index is 0.00000625. The predicted molar refractivity (Wildman–Crippen MR) is 119 cm³/mol. The van der Waals surface area contributed by atoms with Gasteiger partial charge in [0.2, 0.25) is 5.91 Å². The molecule has 0 aliphatic heterocycles. The number of benzene rings is 1. The number of amides is 1. The molecule has 0 fully saturated rings. The third-order valence-corrected chi connectivity index (χ3v) is 4.10. The molecule has 0 saturated heterocycles. The molecule has 7 heteroatoms. The van der Waals surface area contributed by atoms with Crippen molar-refractivity contribution in [1.29, 1.82) is 0 Å². The summed E-state index contributed by atoms with van der Waals surface area (Å²) in [6.07, 6.45) is 0.863. The molecule has 2 N–H and O–H groups in total. The molecule has 6 nitrogen and oxygen atoms in total. The zero-order chi connectivity index (χ0) is 18.8. The summed E-state index contributed by atoms with van der Waals surface area (Å²) in [5.74, 6) is 1.98. The Kier molecular flexibility index (Phi) is 12.0. The SMILES string of the molecule is COc1ccc(CCNC(=NCC(=O)N(C)C)NC(C)C(C)C)cc1.I. The molecule has 0 heterocycles. The number of aliphatic imine (C=N–C) groups is 1. The lowest BCUT2D eigenvalue weighted by molar-refractivity contribution is -0.127. The molecule has 0 radical (unpaired) electrons. The second-order valence-electron chi connectivity index (χ2n) is 6.65. The van der Waals surface area contributed by atoms with Crippen molar-refractivity contribution in [3.05, 3.63) is 29.8 Å².